The number of nitrogens with zero attached hydrogens (tertiary/aromatic N) is 5. The smallest absolute Gasteiger partial charge is 0.390 e. The fraction of sp³-hybridized carbons (Fsp3) is 0.659. The summed E-state index contributed by atoms with van der Waals surface area (Å²) in [6.45, 7) is 1.53. The number of rotatable bonds is 29. The highest BCUT2D eigenvalue weighted by Crippen LogP contribution is 2.46. The zero-order valence-electron chi connectivity index (χ0n) is 33.2. The molecule has 2 aromatic heterocycles. The third-order valence-corrected chi connectivity index (χ3v) is 11.2. The van der Waals surface area contributed by atoms with Crippen LogP contribution in [-0.2, 0) is 40.0 Å². The standard InChI is InChI=1S/C41H60FN6O8P/c1-2-3-4-5-6-7-8-9-10-11-12-13-14-15-16-17-22-52-27-35(53-26-33-23-34(42)19-18-32(33)25-43)28-54-57(50,51)55-29-38-37(49)24-41(30-44,56-38)39-21-20-36-40(45)46-31-47-48(36)39/h18-21,23,31,35,37-38,49H,2-17,22,24,26-29H2,1H3,(H,50,51)(H2,45,46,47)/t35-,37+,38-,41+/m1/s1. The van der Waals surface area contributed by atoms with E-state index < -0.39 is 50.8 Å². The minimum Gasteiger partial charge on any atom is -0.390 e. The van der Waals surface area contributed by atoms with Crippen LogP contribution in [0.4, 0.5) is 10.2 Å². The van der Waals surface area contributed by atoms with E-state index in [0.29, 0.717) is 23.4 Å². The molecule has 314 valence electrons. The van der Waals surface area contributed by atoms with Crippen molar-refractivity contribution >= 4 is 19.2 Å². The Bertz CT molecular complexity index is 1790. The van der Waals surface area contributed by atoms with E-state index in [1.54, 1.807) is 12.1 Å². The van der Waals surface area contributed by atoms with Crippen LogP contribution >= 0.6 is 7.82 Å². The largest absolute Gasteiger partial charge is 0.472 e. The van der Waals surface area contributed by atoms with Gasteiger partial charge in [0, 0.05) is 13.0 Å². The fourth-order valence-corrected chi connectivity index (χ4v) is 7.77. The molecule has 3 heterocycles. The zero-order valence-corrected chi connectivity index (χ0v) is 34.1. The number of fused-ring (bicyclic) bond motifs is 1. The van der Waals surface area contributed by atoms with Gasteiger partial charge in [-0.3, -0.25) is 9.05 Å². The first-order chi connectivity index (χ1) is 27.6. The molecule has 0 saturated carbocycles. The van der Waals surface area contributed by atoms with Crippen LogP contribution in [0, 0.1) is 28.5 Å². The molecule has 1 saturated heterocycles. The number of nitriles is 2. The maximum atomic E-state index is 14.0. The Morgan fingerprint density at radius 2 is 1.63 bits per heavy atom. The Labute approximate surface area is 336 Å². The summed E-state index contributed by atoms with van der Waals surface area (Å²) in [4.78, 5) is 14.5. The molecular formula is C41H60FN6O8P. The van der Waals surface area contributed by atoms with Gasteiger partial charge in [-0.2, -0.15) is 15.6 Å². The highest BCUT2D eigenvalue weighted by atomic mass is 31.2. The van der Waals surface area contributed by atoms with Gasteiger partial charge in [-0.15, -0.1) is 0 Å². The van der Waals surface area contributed by atoms with E-state index in [0.717, 1.165) is 19.3 Å². The second kappa shape index (κ2) is 24.4. The number of ether oxygens (including phenoxy) is 3. The molecule has 16 heteroatoms. The third kappa shape index (κ3) is 15.0. The molecule has 1 aliphatic heterocycles. The van der Waals surface area contributed by atoms with E-state index >= 15 is 0 Å². The summed E-state index contributed by atoms with van der Waals surface area (Å²) in [7, 11) is -4.74. The second-order valence-corrected chi connectivity index (χ2v) is 16.3. The maximum absolute atomic E-state index is 14.0. The minimum atomic E-state index is -4.74. The van der Waals surface area contributed by atoms with E-state index in [1.807, 2.05) is 6.07 Å². The second-order valence-electron chi connectivity index (χ2n) is 14.8. The number of unbranched alkanes of at least 4 members (excludes halogenated alkanes) is 15. The predicted molar refractivity (Wildman–Crippen MR) is 212 cm³/mol. The Morgan fingerprint density at radius 1 is 0.982 bits per heavy atom. The molecule has 0 amide bonds. The van der Waals surface area contributed by atoms with Crippen molar-refractivity contribution < 1.29 is 42.2 Å². The summed E-state index contributed by atoms with van der Waals surface area (Å²) in [6, 6.07) is 11.0. The summed E-state index contributed by atoms with van der Waals surface area (Å²) in [6.07, 6.45) is 17.9. The molecule has 0 aliphatic carbocycles. The van der Waals surface area contributed by atoms with Crippen molar-refractivity contribution in [1.29, 1.82) is 10.5 Å². The molecule has 0 spiro atoms. The van der Waals surface area contributed by atoms with E-state index in [2.05, 4.69) is 23.1 Å². The number of aromatic nitrogens is 3. The molecule has 14 nitrogen and oxygen atoms in total. The number of phosphoric acid groups is 1. The van der Waals surface area contributed by atoms with Crippen molar-refractivity contribution in [2.75, 3.05) is 32.2 Å². The topological polar surface area (TPSA) is 207 Å². The summed E-state index contributed by atoms with van der Waals surface area (Å²) in [5.74, 6) is -0.344. The van der Waals surface area contributed by atoms with Crippen LogP contribution < -0.4 is 5.73 Å². The molecular weight excluding hydrogens is 754 g/mol. The van der Waals surface area contributed by atoms with Gasteiger partial charge in [0.2, 0.25) is 0 Å². The van der Waals surface area contributed by atoms with Gasteiger partial charge in [0.1, 0.15) is 35.9 Å². The molecule has 4 rings (SSSR count). The SMILES string of the molecule is CCCCCCCCCCCCCCCCCCOC[C@H](COP(=O)(O)OC[C@H]1O[C@@](C#N)(c2ccc3c(N)ncnn23)C[C@@H]1O)OCc1cc(F)ccc1C#N. The minimum absolute atomic E-state index is 0.00439. The lowest BCUT2D eigenvalue weighted by Gasteiger charge is -2.23. The number of phosphoric ester groups is 1. The molecule has 4 N–H and O–H groups in total. The number of anilines is 1. The molecule has 0 radical (unpaired) electrons. The molecule has 0 bridgehead atoms. The van der Waals surface area contributed by atoms with Crippen molar-refractivity contribution in [3.05, 3.63) is 59.3 Å². The average Bonchev–Trinajstić information content (AvgIpc) is 3.79. The van der Waals surface area contributed by atoms with Gasteiger partial charge in [-0.1, -0.05) is 103 Å². The average molecular weight is 815 g/mol. The first kappa shape index (κ1) is 46.2. The number of nitrogens with two attached hydrogens (primary N) is 1. The van der Waals surface area contributed by atoms with Crippen molar-refractivity contribution in [2.24, 2.45) is 0 Å². The maximum Gasteiger partial charge on any atom is 0.472 e. The number of hydrogen-bond donors (Lipinski definition) is 3. The molecule has 3 aromatic rings. The van der Waals surface area contributed by atoms with Crippen LogP contribution in [0.15, 0.2) is 36.7 Å². The summed E-state index contributed by atoms with van der Waals surface area (Å²) < 4.78 is 56.5. The van der Waals surface area contributed by atoms with Crippen LogP contribution in [0.25, 0.3) is 5.52 Å². The lowest BCUT2D eigenvalue weighted by molar-refractivity contribution is -0.0629. The molecule has 57 heavy (non-hydrogen) atoms. The van der Waals surface area contributed by atoms with Crippen LogP contribution in [0.3, 0.4) is 0 Å². The molecule has 1 aromatic carbocycles. The number of aliphatic hydroxyl groups excluding tert-OH is 1. The summed E-state index contributed by atoms with van der Waals surface area (Å²) in [5.41, 5.74) is 5.56. The number of aliphatic hydroxyl groups is 1. The van der Waals surface area contributed by atoms with Crippen molar-refractivity contribution in [3.63, 3.8) is 0 Å². The highest BCUT2D eigenvalue weighted by molar-refractivity contribution is 7.47. The van der Waals surface area contributed by atoms with Crippen LogP contribution in [0.5, 0.6) is 0 Å². The first-order valence-corrected chi connectivity index (χ1v) is 22.0. The van der Waals surface area contributed by atoms with E-state index in [9.17, 15) is 29.5 Å². The predicted octanol–water partition coefficient (Wildman–Crippen LogP) is 8.19. The molecule has 1 aliphatic rings. The zero-order chi connectivity index (χ0) is 40.9. The lowest BCUT2D eigenvalue weighted by Crippen LogP contribution is -2.29. The quantitative estimate of drug-likeness (QED) is 0.0447. The van der Waals surface area contributed by atoms with Gasteiger partial charge < -0.3 is 29.9 Å². The monoisotopic (exact) mass is 814 g/mol. The van der Waals surface area contributed by atoms with Crippen LogP contribution in [0.2, 0.25) is 0 Å². The first-order valence-electron chi connectivity index (χ1n) is 20.5. The highest BCUT2D eigenvalue weighted by Gasteiger charge is 2.50. The van der Waals surface area contributed by atoms with Crippen molar-refractivity contribution in [1.82, 2.24) is 14.6 Å². The molecule has 5 atom stereocenters. The van der Waals surface area contributed by atoms with E-state index in [4.69, 9.17) is 29.0 Å². The Balaban J connectivity index is 1.18. The van der Waals surface area contributed by atoms with Crippen molar-refractivity contribution in [2.45, 2.75) is 147 Å². The Kier molecular flexibility index (Phi) is 19.8. The summed E-state index contributed by atoms with van der Waals surface area (Å²) in [5, 5.41) is 34.5. The Morgan fingerprint density at radius 3 is 2.26 bits per heavy atom. The van der Waals surface area contributed by atoms with E-state index in [-0.39, 0.29) is 31.0 Å². The molecule has 1 fully saturated rings. The van der Waals surface area contributed by atoms with Gasteiger partial charge in [-0.25, -0.2) is 18.5 Å². The number of nitrogen functional groups attached to an aromatic ring is 1. The van der Waals surface area contributed by atoms with Crippen molar-refractivity contribution in [3.8, 4) is 12.1 Å². The third-order valence-electron chi connectivity index (χ3n) is 10.3. The van der Waals surface area contributed by atoms with Crippen LogP contribution in [0.1, 0.15) is 133 Å². The number of benzene rings is 1. The molecule has 1 unspecified atom stereocenters. The number of halogens is 1. The number of hydrogen-bond acceptors (Lipinski definition) is 12. The van der Waals surface area contributed by atoms with Gasteiger partial charge >= 0.3 is 7.82 Å². The van der Waals surface area contributed by atoms with Gasteiger partial charge in [0.25, 0.3) is 0 Å². The van der Waals surface area contributed by atoms with Gasteiger partial charge in [0.05, 0.1) is 49.9 Å². The van der Waals surface area contributed by atoms with E-state index in [1.165, 1.54) is 113 Å². The van der Waals surface area contributed by atoms with Crippen LogP contribution in [-0.4, -0.2) is 69.3 Å². The summed E-state index contributed by atoms with van der Waals surface area (Å²) >= 11 is 0. The van der Waals surface area contributed by atoms with Gasteiger partial charge in [-0.05, 0) is 42.3 Å². The normalized spacial score (nSPS) is 19.7. The fourth-order valence-electron chi connectivity index (χ4n) is 7.00. The lowest BCUT2D eigenvalue weighted by atomic mass is 9.96. The Hall–Kier alpha value is -3.50. The van der Waals surface area contributed by atoms with Gasteiger partial charge in [0.15, 0.2) is 11.4 Å².